The fourth-order valence-electron chi connectivity index (χ4n) is 1.89. The Hall–Kier alpha value is -0.540. The quantitative estimate of drug-likeness (QED) is 0.867. The largest absolute Gasteiger partial charge is 0.481 e. The summed E-state index contributed by atoms with van der Waals surface area (Å²) in [7, 11) is 0. The van der Waals surface area contributed by atoms with E-state index in [4.69, 9.17) is 16.7 Å². The lowest BCUT2D eigenvalue weighted by Crippen LogP contribution is -2.34. The number of hydrogen-bond acceptors (Lipinski definition) is 2. The molecule has 1 aromatic rings. The Bertz CT molecular complexity index is 348. The molecule has 0 bridgehead atoms. The van der Waals surface area contributed by atoms with Crippen molar-refractivity contribution in [1.82, 2.24) is 0 Å². The summed E-state index contributed by atoms with van der Waals surface area (Å²) in [6, 6.07) is 1.99. The van der Waals surface area contributed by atoms with Crippen LogP contribution in [0.5, 0.6) is 0 Å². The van der Waals surface area contributed by atoms with Gasteiger partial charge in [0.1, 0.15) is 0 Å². The molecule has 2 unspecified atom stereocenters. The van der Waals surface area contributed by atoms with Crippen LogP contribution < -0.4 is 0 Å². The average molecular weight is 231 g/mol. The number of aliphatic carboxylic acids is 1. The smallest absolute Gasteiger partial charge is 0.306 e. The predicted octanol–water partition coefficient (Wildman–Crippen LogP) is 3.05. The molecule has 0 saturated heterocycles. The van der Waals surface area contributed by atoms with Crippen molar-refractivity contribution in [2.24, 2.45) is 11.8 Å². The van der Waals surface area contributed by atoms with E-state index in [-0.39, 0.29) is 5.92 Å². The van der Waals surface area contributed by atoms with Crippen molar-refractivity contribution < 1.29 is 9.90 Å². The number of carboxylic acids is 1. The van der Waals surface area contributed by atoms with Gasteiger partial charge in [-0.2, -0.15) is 0 Å². The standard InChI is InChI=1S/C10H11ClO2S/c11-9-7(3-4-14-9)5-6-1-2-8(6)10(12)13/h3-4,6,8H,1-2,5H2,(H,12,13). The lowest BCUT2D eigenvalue weighted by atomic mass is 9.71. The number of thiophene rings is 1. The summed E-state index contributed by atoms with van der Waals surface area (Å²) in [6.07, 6.45) is 2.66. The molecule has 1 aliphatic carbocycles. The molecule has 1 N–H and O–H groups in total. The highest BCUT2D eigenvalue weighted by molar-refractivity contribution is 7.14. The lowest BCUT2D eigenvalue weighted by Gasteiger charge is -2.33. The lowest BCUT2D eigenvalue weighted by molar-refractivity contribution is -0.147. The van der Waals surface area contributed by atoms with Crippen molar-refractivity contribution in [3.63, 3.8) is 0 Å². The number of halogens is 1. The summed E-state index contributed by atoms with van der Waals surface area (Å²) in [4.78, 5) is 10.8. The SMILES string of the molecule is O=C(O)C1CCC1Cc1ccsc1Cl. The minimum Gasteiger partial charge on any atom is -0.481 e. The van der Waals surface area contributed by atoms with Crippen LogP contribution in [0.1, 0.15) is 18.4 Å². The maximum absolute atomic E-state index is 10.8. The first-order valence-corrected chi connectivity index (χ1v) is 5.89. The normalized spacial score (nSPS) is 25.8. The number of carboxylic acid groups (broad SMARTS) is 1. The number of rotatable bonds is 3. The van der Waals surface area contributed by atoms with Crippen LogP contribution >= 0.6 is 22.9 Å². The van der Waals surface area contributed by atoms with E-state index in [1.165, 1.54) is 11.3 Å². The van der Waals surface area contributed by atoms with Gasteiger partial charge in [-0.25, -0.2) is 0 Å². The average Bonchev–Trinajstić information content (AvgIpc) is 2.44. The van der Waals surface area contributed by atoms with Crippen molar-refractivity contribution in [2.45, 2.75) is 19.3 Å². The molecule has 0 radical (unpaired) electrons. The van der Waals surface area contributed by atoms with Crippen molar-refractivity contribution in [3.8, 4) is 0 Å². The molecular formula is C10H11ClO2S. The van der Waals surface area contributed by atoms with Gasteiger partial charge in [-0.15, -0.1) is 11.3 Å². The molecule has 1 saturated carbocycles. The van der Waals surface area contributed by atoms with Gasteiger partial charge < -0.3 is 5.11 Å². The molecule has 14 heavy (non-hydrogen) atoms. The van der Waals surface area contributed by atoms with Crippen LogP contribution in [0.3, 0.4) is 0 Å². The summed E-state index contributed by atoms with van der Waals surface area (Å²) in [5.41, 5.74) is 1.10. The van der Waals surface area contributed by atoms with Crippen molar-refractivity contribution in [1.29, 1.82) is 0 Å². The molecular weight excluding hydrogens is 220 g/mol. The zero-order valence-electron chi connectivity index (χ0n) is 7.57. The Kier molecular flexibility index (Phi) is 2.79. The molecule has 1 aromatic heterocycles. The summed E-state index contributed by atoms with van der Waals surface area (Å²) in [6.45, 7) is 0. The Morgan fingerprint density at radius 2 is 2.43 bits per heavy atom. The Morgan fingerprint density at radius 1 is 1.64 bits per heavy atom. The third-order valence-electron chi connectivity index (χ3n) is 2.91. The van der Waals surface area contributed by atoms with Gasteiger partial charge in [0, 0.05) is 0 Å². The zero-order valence-corrected chi connectivity index (χ0v) is 9.14. The summed E-state index contributed by atoms with van der Waals surface area (Å²) < 4.78 is 0.807. The van der Waals surface area contributed by atoms with E-state index in [0.29, 0.717) is 5.92 Å². The van der Waals surface area contributed by atoms with Crippen LogP contribution in [-0.2, 0) is 11.2 Å². The second-order valence-corrected chi connectivity index (χ2v) is 5.22. The van der Waals surface area contributed by atoms with Gasteiger partial charge in [-0.05, 0) is 42.2 Å². The Balaban J connectivity index is 1.99. The van der Waals surface area contributed by atoms with Crippen LogP contribution in [0.15, 0.2) is 11.4 Å². The van der Waals surface area contributed by atoms with Gasteiger partial charge in [-0.1, -0.05) is 11.6 Å². The summed E-state index contributed by atoms with van der Waals surface area (Å²) in [5, 5.41) is 10.8. The molecule has 1 heterocycles. The molecule has 1 aliphatic rings. The second kappa shape index (κ2) is 3.91. The van der Waals surface area contributed by atoms with Gasteiger partial charge in [0.15, 0.2) is 0 Å². The first kappa shape index (κ1) is 9.99. The summed E-state index contributed by atoms with van der Waals surface area (Å²) >= 11 is 7.47. The van der Waals surface area contributed by atoms with Gasteiger partial charge in [-0.3, -0.25) is 4.79 Å². The Labute approximate surface area is 91.5 Å². The van der Waals surface area contributed by atoms with Gasteiger partial charge in [0.05, 0.1) is 10.3 Å². The predicted molar refractivity (Wildman–Crippen MR) is 56.9 cm³/mol. The molecule has 1 fully saturated rings. The zero-order chi connectivity index (χ0) is 10.1. The van der Waals surface area contributed by atoms with Gasteiger partial charge in [0.25, 0.3) is 0 Å². The molecule has 0 spiro atoms. The maximum atomic E-state index is 10.8. The fraction of sp³-hybridized carbons (Fsp3) is 0.500. The molecule has 2 rings (SSSR count). The van der Waals surface area contributed by atoms with Gasteiger partial charge >= 0.3 is 5.97 Å². The van der Waals surface area contributed by atoms with Crippen LogP contribution in [0, 0.1) is 11.8 Å². The van der Waals surface area contributed by atoms with E-state index < -0.39 is 5.97 Å². The van der Waals surface area contributed by atoms with Crippen molar-refractivity contribution in [3.05, 3.63) is 21.3 Å². The highest BCUT2D eigenvalue weighted by Gasteiger charge is 2.36. The first-order chi connectivity index (χ1) is 6.68. The van der Waals surface area contributed by atoms with Crippen molar-refractivity contribution in [2.75, 3.05) is 0 Å². The molecule has 2 atom stereocenters. The maximum Gasteiger partial charge on any atom is 0.306 e. The Morgan fingerprint density at radius 3 is 2.86 bits per heavy atom. The van der Waals surface area contributed by atoms with Crippen LogP contribution in [0.2, 0.25) is 4.34 Å². The second-order valence-electron chi connectivity index (χ2n) is 3.71. The molecule has 4 heteroatoms. The third-order valence-corrected chi connectivity index (χ3v) is 4.16. The molecule has 0 aromatic carbocycles. The van der Waals surface area contributed by atoms with E-state index in [1.54, 1.807) is 0 Å². The minimum atomic E-state index is -0.660. The van der Waals surface area contributed by atoms with Crippen molar-refractivity contribution >= 4 is 28.9 Å². The first-order valence-electron chi connectivity index (χ1n) is 4.63. The van der Waals surface area contributed by atoms with E-state index >= 15 is 0 Å². The minimum absolute atomic E-state index is 0.147. The van der Waals surface area contributed by atoms with E-state index in [9.17, 15) is 4.79 Å². The van der Waals surface area contributed by atoms with Crippen LogP contribution in [0.25, 0.3) is 0 Å². The van der Waals surface area contributed by atoms with E-state index in [0.717, 1.165) is 29.2 Å². The highest BCUT2D eigenvalue weighted by atomic mass is 35.5. The molecule has 0 aliphatic heterocycles. The molecule has 0 amide bonds. The highest BCUT2D eigenvalue weighted by Crippen LogP contribution is 2.38. The third kappa shape index (κ3) is 1.79. The molecule has 2 nitrogen and oxygen atoms in total. The van der Waals surface area contributed by atoms with E-state index in [1.807, 2.05) is 11.4 Å². The van der Waals surface area contributed by atoms with E-state index in [2.05, 4.69) is 0 Å². The topological polar surface area (TPSA) is 37.3 Å². The monoisotopic (exact) mass is 230 g/mol. The van der Waals surface area contributed by atoms with Crippen LogP contribution in [0.4, 0.5) is 0 Å². The summed E-state index contributed by atoms with van der Waals surface area (Å²) in [5.74, 6) is -0.516. The number of carbonyl (C=O) groups is 1. The fourth-order valence-corrected chi connectivity index (χ4v) is 2.84. The molecule has 76 valence electrons. The van der Waals surface area contributed by atoms with Crippen LogP contribution in [-0.4, -0.2) is 11.1 Å². The van der Waals surface area contributed by atoms with Gasteiger partial charge in [0.2, 0.25) is 0 Å². The number of hydrogen-bond donors (Lipinski definition) is 1.